The van der Waals surface area contributed by atoms with Crippen molar-refractivity contribution in [2.45, 2.75) is 78.9 Å². The van der Waals surface area contributed by atoms with Gasteiger partial charge in [0, 0.05) is 19.4 Å². The van der Waals surface area contributed by atoms with E-state index in [9.17, 15) is 24.7 Å². The number of amides is 3. The zero-order chi connectivity index (χ0) is 25.7. The Balaban J connectivity index is 3.35. The molecule has 1 aromatic rings. The summed E-state index contributed by atoms with van der Waals surface area (Å²) in [5, 5.41) is 21.7. The highest BCUT2D eigenvalue weighted by Crippen LogP contribution is 2.19. The summed E-state index contributed by atoms with van der Waals surface area (Å²) in [5.74, 6) is -1.20. The number of hydrogen-bond donors (Lipinski definition) is 3. The summed E-state index contributed by atoms with van der Waals surface area (Å²) in [7, 11) is 0. The lowest BCUT2D eigenvalue weighted by molar-refractivity contribution is -0.175. The van der Waals surface area contributed by atoms with E-state index in [1.54, 1.807) is 18.5 Å². The van der Waals surface area contributed by atoms with Crippen LogP contribution in [-0.4, -0.2) is 56.7 Å². The molecule has 0 aromatic heterocycles. The van der Waals surface area contributed by atoms with Crippen molar-refractivity contribution >= 4 is 23.8 Å². The lowest BCUT2D eigenvalue weighted by Gasteiger charge is -2.40. The molecule has 34 heavy (non-hydrogen) atoms. The quantitative estimate of drug-likeness (QED) is 0.297. The standard InChI is InChI=1S/C26H41N3O5/c1-19(2)14-16-25(32)29(28(18-20(3)4)24(31)17-15-21(5)30)23(26(33)27-34)13-9-12-22-10-7-6-8-11-22/h6-12,19-21,23,30,34H,13-18H2,1-5H3,(H,27,33)/t21?,23-/m0/s1. The smallest absolute Gasteiger partial charge is 0.268 e. The number of rotatable bonds is 13. The average molecular weight is 476 g/mol. The van der Waals surface area contributed by atoms with Crippen molar-refractivity contribution in [3.8, 4) is 0 Å². The largest absolute Gasteiger partial charge is 0.393 e. The number of hydroxylamine groups is 1. The van der Waals surface area contributed by atoms with E-state index in [1.165, 1.54) is 10.0 Å². The molecule has 0 aliphatic heterocycles. The van der Waals surface area contributed by atoms with Crippen LogP contribution in [0.3, 0.4) is 0 Å². The molecule has 2 atom stereocenters. The van der Waals surface area contributed by atoms with Crippen LogP contribution in [0, 0.1) is 11.8 Å². The molecule has 1 unspecified atom stereocenters. The second-order valence-corrected chi connectivity index (χ2v) is 9.47. The molecule has 1 rings (SSSR count). The normalized spacial score (nSPS) is 13.2. The van der Waals surface area contributed by atoms with E-state index in [4.69, 9.17) is 0 Å². The number of aliphatic hydroxyl groups is 1. The third-order valence-electron chi connectivity index (χ3n) is 5.23. The van der Waals surface area contributed by atoms with Gasteiger partial charge >= 0.3 is 0 Å². The van der Waals surface area contributed by atoms with Gasteiger partial charge in [-0.05, 0) is 43.6 Å². The first kappa shape index (κ1) is 29.3. The maximum atomic E-state index is 13.4. The number of hydrazine groups is 1. The first-order valence-electron chi connectivity index (χ1n) is 12.0. The third kappa shape index (κ3) is 10.5. The zero-order valence-corrected chi connectivity index (χ0v) is 21.1. The third-order valence-corrected chi connectivity index (χ3v) is 5.23. The number of benzene rings is 1. The average Bonchev–Trinajstić information content (AvgIpc) is 2.79. The van der Waals surface area contributed by atoms with Gasteiger partial charge in [-0.1, -0.05) is 70.2 Å². The summed E-state index contributed by atoms with van der Waals surface area (Å²) in [4.78, 5) is 39.3. The van der Waals surface area contributed by atoms with Crippen molar-refractivity contribution < 1.29 is 24.7 Å². The van der Waals surface area contributed by atoms with Crippen LogP contribution in [0.5, 0.6) is 0 Å². The van der Waals surface area contributed by atoms with Crippen molar-refractivity contribution in [2.75, 3.05) is 6.54 Å². The summed E-state index contributed by atoms with van der Waals surface area (Å²) in [6, 6.07) is 8.40. The van der Waals surface area contributed by atoms with Crippen LogP contribution in [0.25, 0.3) is 6.08 Å². The van der Waals surface area contributed by atoms with Gasteiger partial charge in [-0.15, -0.1) is 0 Å². The molecule has 8 heteroatoms. The van der Waals surface area contributed by atoms with Gasteiger partial charge in [0.1, 0.15) is 6.04 Å². The van der Waals surface area contributed by atoms with Crippen molar-refractivity contribution in [3.63, 3.8) is 0 Å². The molecule has 0 spiro atoms. The van der Waals surface area contributed by atoms with Crippen LogP contribution in [-0.2, 0) is 14.4 Å². The summed E-state index contributed by atoms with van der Waals surface area (Å²) in [5.41, 5.74) is 2.59. The molecule has 1 aromatic carbocycles. The molecule has 3 amide bonds. The highest BCUT2D eigenvalue weighted by molar-refractivity contribution is 5.89. The molecule has 0 heterocycles. The number of aliphatic hydroxyl groups excluding tert-OH is 1. The summed E-state index contributed by atoms with van der Waals surface area (Å²) < 4.78 is 0. The van der Waals surface area contributed by atoms with Gasteiger partial charge < -0.3 is 5.11 Å². The zero-order valence-electron chi connectivity index (χ0n) is 21.1. The van der Waals surface area contributed by atoms with E-state index in [0.29, 0.717) is 6.42 Å². The van der Waals surface area contributed by atoms with Gasteiger partial charge in [-0.3, -0.25) is 24.6 Å². The number of hydrogen-bond acceptors (Lipinski definition) is 5. The van der Waals surface area contributed by atoms with E-state index in [0.717, 1.165) is 5.56 Å². The molecular weight excluding hydrogens is 434 g/mol. The fraction of sp³-hybridized carbons (Fsp3) is 0.577. The summed E-state index contributed by atoms with van der Waals surface area (Å²) >= 11 is 0. The Labute approximate surface area is 203 Å². The van der Waals surface area contributed by atoms with Crippen LogP contribution in [0.1, 0.15) is 72.3 Å². The highest BCUT2D eigenvalue weighted by Gasteiger charge is 2.36. The summed E-state index contributed by atoms with van der Waals surface area (Å²) in [6.07, 6.45) is 4.06. The number of nitrogens with zero attached hydrogens (tertiary/aromatic N) is 2. The molecule has 0 aliphatic carbocycles. The molecule has 0 aliphatic rings. The fourth-order valence-electron chi connectivity index (χ4n) is 3.41. The van der Waals surface area contributed by atoms with Crippen molar-refractivity contribution in [1.82, 2.24) is 15.5 Å². The predicted octanol–water partition coefficient (Wildman–Crippen LogP) is 3.79. The Hall–Kier alpha value is -2.71. The van der Waals surface area contributed by atoms with E-state index in [1.807, 2.05) is 64.1 Å². The van der Waals surface area contributed by atoms with Crippen LogP contribution in [0.2, 0.25) is 0 Å². The van der Waals surface area contributed by atoms with Gasteiger partial charge in [0.25, 0.3) is 5.91 Å². The first-order valence-corrected chi connectivity index (χ1v) is 12.0. The maximum Gasteiger partial charge on any atom is 0.268 e. The predicted molar refractivity (Wildman–Crippen MR) is 132 cm³/mol. The SMILES string of the molecule is CC(C)CCC(=O)N([C@@H](CC=Cc1ccccc1)C(=O)NO)N(CC(C)C)C(=O)CCC(C)O. The number of nitrogens with one attached hydrogen (secondary N) is 1. The summed E-state index contributed by atoms with van der Waals surface area (Å²) in [6.45, 7) is 9.66. The Bertz CT molecular complexity index is 793. The van der Waals surface area contributed by atoms with Gasteiger partial charge in [-0.25, -0.2) is 10.5 Å². The lowest BCUT2D eigenvalue weighted by atomic mass is 10.1. The van der Waals surface area contributed by atoms with E-state index >= 15 is 0 Å². The number of carbonyl (C=O) groups excluding carboxylic acids is 3. The van der Waals surface area contributed by atoms with Gasteiger partial charge in [-0.2, -0.15) is 0 Å². The minimum absolute atomic E-state index is 0.0218. The van der Waals surface area contributed by atoms with Crippen LogP contribution in [0.15, 0.2) is 36.4 Å². The van der Waals surface area contributed by atoms with E-state index < -0.39 is 18.1 Å². The lowest BCUT2D eigenvalue weighted by Crippen LogP contribution is -2.59. The Kier molecular flexibility index (Phi) is 13.1. The number of carbonyl (C=O) groups is 3. The monoisotopic (exact) mass is 475 g/mol. The topological polar surface area (TPSA) is 110 Å². The van der Waals surface area contributed by atoms with Crippen LogP contribution in [0.4, 0.5) is 0 Å². The Morgan fingerprint density at radius 2 is 1.56 bits per heavy atom. The molecule has 0 radical (unpaired) electrons. The molecule has 0 saturated heterocycles. The van der Waals surface area contributed by atoms with E-state index in [2.05, 4.69) is 0 Å². The second-order valence-electron chi connectivity index (χ2n) is 9.47. The molecule has 0 fully saturated rings. The van der Waals surface area contributed by atoms with Crippen molar-refractivity contribution in [1.29, 1.82) is 0 Å². The first-order chi connectivity index (χ1) is 16.1. The molecule has 0 saturated carbocycles. The molecule has 190 valence electrons. The Morgan fingerprint density at radius 1 is 0.941 bits per heavy atom. The van der Waals surface area contributed by atoms with Crippen LogP contribution < -0.4 is 5.48 Å². The molecule has 8 nitrogen and oxygen atoms in total. The fourth-order valence-corrected chi connectivity index (χ4v) is 3.41. The van der Waals surface area contributed by atoms with Gasteiger partial charge in [0.2, 0.25) is 11.8 Å². The van der Waals surface area contributed by atoms with Gasteiger partial charge in [0.15, 0.2) is 0 Å². The molecular formula is C26H41N3O5. The molecule has 3 N–H and O–H groups in total. The minimum atomic E-state index is -1.11. The van der Waals surface area contributed by atoms with Crippen LogP contribution >= 0.6 is 0 Å². The molecule has 0 bridgehead atoms. The highest BCUT2D eigenvalue weighted by atomic mass is 16.5. The maximum absolute atomic E-state index is 13.4. The Morgan fingerprint density at radius 3 is 2.09 bits per heavy atom. The minimum Gasteiger partial charge on any atom is -0.393 e. The second kappa shape index (κ2) is 15.2. The van der Waals surface area contributed by atoms with Crippen molar-refractivity contribution in [3.05, 3.63) is 42.0 Å². The van der Waals surface area contributed by atoms with Gasteiger partial charge in [0.05, 0.1) is 6.10 Å². The van der Waals surface area contributed by atoms with Crippen molar-refractivity contribution in [2.24, 2.45) is 11.8 Å². The van der Waals surface area contributed by atoms with E-state index in [-0.39, 0.29) is 55.9 Å².